The molecule has 1 aromatic heterocycles. The second kappa shape index (κ2) is 5.97. The lowest BCUT2D eigenvalue weighted by Gasteiger charge is -2.10. The number of hydrazine groups is 1. The maximum atomic E-state index is 9.08. The van der Waals surface area contributed by atoms with Gasteiger partial charge in [0.15, 0.2) is 0 Å². The summed E-state index contributed by atoms with van der Waals surface area (Å²) < 4.78 is 1.52. The minimum atomic E-state index is 0.277. The molecule has 0 amide bonds. The molecule has 4 N–H and O–H groups in total. The number of rotatable bonds is 3. The molecule has 0 spiro atoms. The molecule has 0 unspecified atom stereocenters. The lowest BCUT2D eigenvalue weighted by molar-refractivity contribution is 1.11. The summed E-state index contributed by atoms with van der Waals surface area (Å²) in [4.78, 5) is 8.11. The van der Waals surface area contributed by atoms with E-state index in [-0.39, 0.29) is 5.95 Å². The van der Waals surface area contributed by atoms with E-state index in [0.717, 1.165) is 4.47 Å². The Kier molecular flexibility index (Phi) is 4.31. The lowest BCUT2D eigenvalue weighted by Crippen LogP contribution is -2.11. The lowest BCUT2D eigenvalue weighted by atomic mass is 10.2. The van der Waals surface area contributed by atoms with Gasteiger partial charge in [0.05, 0.1) is 15.7 Å². The van der Waals surface area contributed by atoms with E-state index in [4.69, 9.17) is 11.1 Å². The zero-order chi connectivity index (χ0) is 13.8. The van der Waals surface area contributed by atoms with Gasteiger partial charge in [-0.25, -0.2) is 10.8 Å². The molecule has 0 saturated heterocycles. The van der Waals surface area contributed by atoms with E-state index in [1.807, 2.05) is 0 Å². The van der Waals surface area contributed by atoms with E-state index >= 15 is 0 Å². The van der Waals surface area contributed by atoms with Crippen LogP contribution < -0.4 is 16.6 Å². The number of hydrogen-bond donors (Lipinski definition) is 3. The molecule has 0 bridgehead atoms. The minimum absolute atomic E-state index is 0.277. The maximum Gasteiger partial charge on any atom is 0.239 e. The summed E-state index contributed by atoms with van der Waals surface area (Å²) in [5.74, 6) is 6.05. The van der Waals surface area contributed by atoms with Crippen molar-refractivity contribution in [2.24, 2.45) is 5.84 Å². The smallest absolute Gasteiger partial charge is 0.239 e. The summed E-state index contributed by atoms with van der Waals surface area (Å²) in [6.07, 6.45) is 1.56. The van der Waals surface area contributed by atoms with Gasteiger partial charge < -0.3 is 5.32 Å². The number of nitrogens with two attached hydrogens (primary N) is 1. The summed E-state index contributed by atoms with van der Waals surface area (Å²) >= 11 is 6.69. The number of nitrogens with one attached hydrogen (secondary N) is 2. The molecule has 0 aliphatic rings. The van der Waals surface area contributed by atoms with Crippen LogP contribution in [0.3, 0.4) is 0 Å². The van der Waals surface area contributed by atoms with E-state index in [0.29, 0.717) is 21.5 Å². The van der Waals surface area contributed by atoms with E-state index in [1.165, 1.54) is 0 Å². The topological polar surface area (TPSA) is 99.7 Å². The van der Waals surface area contributed by atoms with Crippen LogP contribution in [0, 0.1) is 11.3 Å². The summed E-state index contributed by atoms with van der Waals surface area (Å²) in [5.41, 5.74) is 3.51. The standard InChI is InChI=1S/C11H8Br2N6/c12-7-2-1-6(4-14)9(3-7)17-10-8(13)5-16-11(18-10)19-15/h1-3,5H,15H2,(H2,16,17,18,19). The first-order valence-corrected chi connectivity index (χ1v) is 6.68. The average molecular weight is 384 g/mol. The van der Waals surface area contributed by atoms with Crippen molar-refractivity contribution in [1.29, 1.82) is 5.26 Å². The Morgan fingerprint density at radius 3 is 2.79 bits per heavy atom. The van der Waals surface area contributed by atoms with Crippen molar-refractivity contribution in [3.63, 3.8) is 0 Å². The number of aromatic nitrogens is 2. The molecular formula is C11H8Br2N6. The normalized spacial score (nSPS) is 9.79. The second-order valence-corrected chi connectivity index (χ2v) is 5.23. The Labute approximate surface area is 126 Å². The monoisotopic (exact) mass is 382 g/mol. The Morgan fingerprint density at radius 2 is 2.11 bits per heavy atom. The predicted molar refractivity (Wildman–Crippen MR) is 79.7 cm³/mol. The largest absolute Gasteiger partial charge is 0.338 e. The van der Waals surface area contributed by atoms with E-state index in [9.17, 15) is 0 Å². The Morgan fingerprint density at radius 1 is 1.32 bits per heavy atom. The van der Waals surface area contributed by atoms with Crippen molar-refractivity contribution >= 4 is 49.3 Å². The van der Waals surface area contributed by atoms with Gasteiger partial charge in [-0.1, -0.05) is 15.9 Å². The molecule has 6 nitrogen and oxygen atoms in total. The number of nitriles is 1. The first-order valence-electron chi connectivity index (χ1n) is 5.10. The molecule has 0 radical (unpaired) electrons. The molecular weight excluding hydrogens is 376 g/mol. The molecule has 19 heavy (non-hydrogen) atoms. The van der Waals surface area contributed by atoms with Crippen molar-refractivity contribution in [3.8, 4) is 6.07 Å². The maximum absolute atomic E-state index is 9.08. The van der Waals surface area contributed by atoms with Crippen LogP contribution in [0.2, 0.25) is 0 Å². The summed E-state index contributed by atoms with van der Waals surface area (Å²) in [7, 11) is 0. The molecule has 1 heterocycles. The van der Waals surface area contributed by atoms with Crippen LogP contribution in [0.4, 0.5) is 17.5 Å². The predicted octanol–water partition coefficient (Wildman–Crippen LogP) is 2.90. The van der Waals surface area contributed by atoms with Gasteiger partial charge in [-0.05, 0) is 34.1 Å². The highest BCUT2D eigenvalue weighted by atomic mass is 79.9. The molecule has 96 valence electrons. The van der Waals surface area contributed by atoms with Gasteiger partial charge >= 0.3 is 0 Å². The first-order chi connectivity index (χ1) is 9.13. The van der Waals surface area contributed by atoms with Crippen molar-refractivity contribution in [1.82, 2.24) is 9.97 Å². The van der Waals surface area contributed by atoms with Gasteiger partial charge in [0.2, 0.25) is 5.95 Å². The fraction of sp³-hybridized carbons (Fsp3) is 0. The highest BCUT2D eigenvalue weighted by Crippen LogP contribution is 2.27. The highest BCUT2D eigenvalue weighted by Gasteiger charge is 2.08. The first kappa shape index (κ1) is 13.7. The Hall–Kier alpha value is -1.69. The van der Waals surface area contributed by atoms with Gasteiger partial charge in [0.1, 0.15) is 11.9 Å². The van der Waals surface area contributed by atoms with Gasteiger partial charge in [-0.3, -0.25) is 5.43 Å². The minimum Gasteiger partial charge on any atom is -0.338 e. The van der Waals surface area contributed by atoms with Gasteiger partial charge in [0.25, 0.3) is 0 Å². The third kappa shape index (κ3) is 3.20. The van der Waals surface area contributed by atoms with Gasteiger partial charge in [0, 0.05) is 10.7 Å². The van der Waals surface area contributed by atoms with Gasteiger partial charge in [-0.15, -0.1) is 0 Å². The molecule has 0 saturated carbocycles. The third-order valence-corrected chi connectivity index (χ3v) is 3.30. The summed E-state index contributed by atoms with van der Waals surface area (Å²) in [6, 6.07) is 7.41. The molecule has 2 aromatic rings. The van der Waals surface area contributed by atoms with Crippen LogP contribution in [-0.2, 0) is 0 Å². The van der Waals surface area contributed by atoms with Crippen LogP contribution in [0.25, 0.3) is 0 Å². The number of anilines is 3. The SMILES string of the molecule is N#Cc1ccc(Br)cc1Nc1nc(NN)ncc1Br. The van der Waals surface area contributed by atoms with Crippen LogP contribution in [0.1, 0.15) is 5.56 Å². The van der Waals surface area contributed by atoms with Crippen molar-refractivity contribution < 1.29 is 0 Å². The zero-order valence-corrected chi connectivity index (χ0v) is 12.7. The molecule has 1 aromatic carbocycles. The molecule has 0 fully saturated rings. The Balaban J connectivity index is 2.41. The second-order valence-electron chi connectivity index (χ2n) is 3.46. The molecule has 2 rings (SSSR count). The summed E-state index contributed by atoms with van der Waals surface area (Å²) in [5, 5.41) is 12.1. The number of nitrogens with zero attached hydrogens (tertiary/aromatic N) is 3. The fourth-order valence-corrected chi connectivity index (χ4v) is 2.02. The Bertz CT molecular complexity index is 652. The molecule has 0 aliphatic carbocycles. The number of nitrogen functional groups attached to an aromatic ring is 1. The van der Waals surface area contributed by atoms with E-state index in [2.05, 4.69) is 58.6 Å². The average Bonchev–Trinajstić information content (AvgIpc) is 2.41. The highest BCUT2D eigenvalue weighted by molar-refractivity contribution is 9.10. The molecule has 8 heteroatoms. The number of halogens is 2. The van der Waals surface area contributed by atoms with Crippen molar-refractivity contribution in [2.45, 2.75) is 0 Å². The van der Waals surface area contributed by atoms with E-state index < -0.39 is 0 Å². The van der Waals surface area contributed by atoms with Crippen LogP contribution in [0.15, 0.2) is 33.3 Å². The number of benzene rings is 1. The third-order valence-electron chi connectivity index (χ3n) is 2.23. The van der Waals surface area contributed by atoms with E-state index in [1.54, 1.807) is 24.4 Å². The fourth-order valence-electron chi connectivity index (χ4n) is 1.37. The van der Waals surface area contributed by atoms with Crippen molar-refractivity contribution in [3.05, 3.63) is 38.9 Å². The summed E-state index contributed by atoms with van der Waals surface area (Å²) in [6.45, 7) is 0. The van der Waals surface area contributed by atoms with Crippen LogP contribution >= 0.6 is 31.9 Å². The zero-order valence-electron chi connectivity index (χ0n) is 9.48. The number of hydrogen-bond acceptors (Lipinski definition) is 6. The quantitative estimate of drug-likeness (QED) is 0.556. The molecule has 0 aliphatic heterocycles. The molecule has 0 atom stereocenters. The van der Waals surface area contributed by atoms with Crippen molar-refractivity contribution in [2.75, 3.05) is 10.7 Å². The van der Waals surface area contributed by atoms with Crippen LogP contribution in [0.5, 0.6) is 0 Å². The van der Waals surface area contributed by atoms with Gasteiger partial charge in [-0.2, -0.15) is 10.2 Å². The van der Waals surface area contributed by atoms with Crippen LogP contribution in [-0.4, -0.2) is 9.97 Å².